The van der Waals surface area contributed by atoms with E-state index in [-0.39, 0.29) is 23.4 Å². The van der Waals surface area contributed by atoms with Crippen molar-refractivity contribution in [3.05, 3.63) is 11.6 Å². The summed E-state index contributed by atoms with van der Waals surface area (Å²) in [6.45, 7) is 11.8. The number of allylic oxidation sites excluding steroid dienone is 2. The van der Waals surface area contributed by atoms with Crippen LogP contribution in [0.5, 0.6) is 0 Å². The fourth-order valence-electron chi connectivity index (χ4n) is 8.82. The van der Waals surface area contributed by atoms with Crippen molar-refractivity contribution in [3.8, 4) is 0 Å². The molecule has 4 aliphatic carbocycles. The van der Waals surface area contributed by atoms with Crippen LogP contribution in [0.2, 0.25) is 0 Å². The number of ketones is 1. The van der Waals surface area contributed by atoms with Crippen LogP contribution in [0, 0.1) is 46.3 Å². The monoisotopic (exact) mass is 386 g/mol. The SMILES string of the molecule is C/C=C1/C(=O)[C@@H]2[C@H](CC[C@]3(C)[C@@H]([C@H](C)CCC)CC[C@@H]23)[C@@]2(C)CC[C@@H](O)C[C@@H]12. The Kier molecular flexibility index (Phi) is 5.35. The lowest BCUT2D eigenvalue weighted by molar-refractivity contribution is -0.150. The molecule has 0 heterocycles. The standard InChI is InChI=1S/C26H42O2/c1-6-8-16(3)19-9-10-20-23-21(12-14-25(19,20)4)26(5)13-11-17(27)15-22(26)18(7-2)24(23)28/h7,16-17,19-23,27H,6,8-15H2,1-5H3/b18-7+/t16-,17-,19-,20+,21+,22+,23+,25-,26-/m1/s1. The van der Waals surface area contributed by atoms with E-state index < -0.39 is 0 Å². The van der Waals surface area contributed by atoms with E-state index in [2.05, 4.69) is 40.7 Å². The summed E-state index contributed by atoms with van der Waals surface area (Å²) < 4.78 is 0. The highest BCUT2D eigenvalue weighted by atomic mass is 16.3. The Labute approximate surface area is 172 Å². The van der Waals surface area contributed by atoms with E-state index in [1.807, 2.05) is 0 Å². The van der Waals surface area contributed by atoms with E-state index in [1.165, 1.54) is 38.5 Å². The van der Waals surface area contributed by atoms with Crippen molar-refractivity contribution in [1.82, 2.24) is 0 Å². The highest BCUT2D eigenvalue weighted by Gasteiger charge is 2.64. The summed E-state index contributed by atoms with van der Waals surface area (Å²) in [5, 5.41) is 10.4. The lowest BCUT2D eigenvalue weighted by Crippen LogP contribution is -2.58. The van der Waals surface area contributed by atoms with E-state index >= 15 is 0 Å². The molecule has 4 fully saturated rings. The van der Waals surface area contributed by atoms with Crippen LogP contribution in [0.3, 0.4) is 0 Å². The second-order valence-electron chi connectivity index (χ2n) is 11.3. The smallest absolute Gasteiger partial charge is 0.162 e. The molecule has 158 valence electrons. The number of aliphatic hydroxyl groups is 1. The number of Topliss-reactive ketones (excluding diaryl/α,β-unsaturated/α-hetero) is 1. The van der Waals surface area contributed by atoms with Crippen LogP contribution >= 0.6 is 0 Å². The van der Waals surface area contributed by atoms with Gasteiger partial charge >= 0.3 is 0 Å². The molecular formula is C26H42O2. The molecule has 4 saturated carbocycles. The molecule has 0 spiro atoms. The van der Waals surface area contributed by atoms with Crippen LogP contribution in [0.4, 0.5) is 0 Å². The Bertz CT molecular complexity index is 651. The topological polar surface area (TPSA) is 37.3 Å². The second-order valence-corrected chi connectivity index (χ2v) is 11.3. The van der Waals surface area contributed by atoms with Crippen molar-refractivity contribution in [2.24, 2.45) is 46.3 Å². The van der Waals surface area contributed by atoms with Gasteiger partial charge in [0.1, 0.15) is 0 Å². The van der Waals surface area contributed by atoms with Crippen LogP contribution < -0.4 is 0 Å². The fraction of sp³-hybridized carbons (Fsp3) is 0.885. The van der Waals surface area contributed by atoms with Gasteiger partial charge in [-0.15, -0.1) is 0 Å². The zero-order valence-electron chi connectivity index (χ0n) is 18.8. The van der Waals surface area contributed by atoms with E-state index in [9.17, 15) is 9.90 Å². The van der Waals surface area contributed by atoms with Crippen molar-refractivity contribution < 1.29 is 9.90 Å². The minimum Gasteiger partial charge on any atom is -0.393 e. The summed E-state index contributed by atoms with van der Waals surface area (Å²) in [5.41, 5.74) is 1.62. The minimum absolute atomic E-state index is 0.202. The molecule has 9 atom stereocenters. The van der Waals surface area contributed by atoms with Gasteiger partial charge in [0.2, 0.25) is 0 Å². The van der Waals surface area contributed by atoms with Gasteiger partial charge in [0, 0.05) is 5.92 Å². The molecule has 0 unspecified atom stereocenters. The molecular weight excluding hydrogens is 344 g/mol. The molecule has 2 nitrogen and oxygen atoms in total. The maximum Gasteiger partial charge on any atom is 0.162 e. The average Bonchev–Trinajstić information content (AvgIpc) is 3.01. The molecule has 28 heavy (non-hydrogen) atoms. The van der Waals surface area contributed by atoms with Crippen molar-refractivity contribution >= 4 is 5.78 Å². The molecule has 0 saturated heterocycles. The first kappa shape index (κ1) is 20.6. The van der Waals surface area contributed by atoms with Crippen molar-refractivity contribution in [1.29, 1.82) is 0 Å². The predicted octanol–water partition coefficient (Wildman–Crippen LogP) is 6.18. The summed E-state index contributed by atoms with van der Waals surface area (Å²) in [7, 11) is 0. The van der Waals surface area contributed by atoms with Gasteiger partial charge in [-0.25, -0.2) is 0 Å². The Balaban J connectivity index is 1.70. The van der Waals surface area contributed by atoms with Gasteiger partial charge < -0.3 is 5.11 Å². The van der Waals surface area contributed by atoms with Gasteiger partial charge in [-0.05, 0) is 97.9 Å². The molecule has 0 bridgehead atoms. The summed E-state index contributed by atoms with van der Waals surface area (Å²) in [6.07, 6.45) is 12.4. The number of fused-ring (bicyclic) bond motifs is 5. The maximum absolute atomic E-state index is 13.8. The lowest BCUT2D eigenvalue weighted by Gasteiger charge is -2.61. The van der Waals surface area contributed by atoms with Crippen LogP contribution in [0.1, 0.15) is 92.4 Å². The normalized spacial score (nSPS) is 50.8. The molecule has 0 aromatic carbocycles. The van der Waals surface area contributed by atoms with Gasteiger partial charge in [-0.2, -0.15) is 0 Å². The van der Waals surface area contributed by atoms with Crippen LogP contribution in [0.25, 0.3) is 0 Å². The molecule has 0 aromatic rings. The number of aliphatic hydroxyl groups excluding tert-OH is 1. The molecule has 0 radical (unpaired) electrons. The summed E-state index contributed by atoms with van der Waals surface area (Å²) in [6, 6.07) is 0. The predicted molar refractivity (Wildman–Crippen MR) is 115 cm³/mol. The maximum atomic E-state index is 13.8. The second kappa shape index (κ2) is 7.25. The van der Waals surface area contributed by atoms with Crippen LogP contribution in [-0.4, -0.2) is 17.0 Å². The third-order valence-corrected chi connectivity index (χ3v) is 10.2. The molecule has 4 aliphatic rings. The van der Waals surface area contributed by atoms with E-state index in [0.29, 0.717) is 23.0 Å². The highest BCUT2D eigenvalue weighted by molar-refractivity contribution is 5.99. The van der Waals surface area contributed by atoms with Crippen LogP contribution in [0.15, 0.2) is 11.6 Å². The number of carbonyl (C=O) groups is 1. The van der Waals surface area contributed by atoms with Crippen LogP contribution in [-0.2, 0) is 4.79 Å². The summed E-state index contributed by atoms with van der Waals surface area (Å²) in [4.78, 5) is 13.8. The number of rotatable bonds is 3. The number of hydrogen-bond donors (Lipinski definition) is 1. The lowest BCUT2D eigenvalue weighted by atomic mass is 9.43. The molecule has 0 aliphatic heterocycles. The third-order valence-electron chi connectivity index (χ3n) is 10.2. The highest BCUT2D eigenvalue weighted by Crippen LogP contribution is 2.68. The largest absolute Gasteiger partial charge is 0.393 e. The molecule has 4 rings (SSSR count). The van der Waals surface area contributed by atoms with Gasteiger partial charge in [0.05, 0.1) is 6.10 Å². The first-order valence-corrected chi connectivity index (χ1v) is 12.2. The summed E-state index contributed by atoms with van der Waals surface area (Å²) >= 11 is 0. The van der Waals surface area contributed by atoms with E-state index in [0.717, 1.165) is 36.7 Å². The zero-order valence-corrected chi connectivity index (χ0v) is 18.8. The Morgan fingerprint density at radius 2 is 1.79 bits per heavy atom. The number of carbonyl (C=O) groups excluding carboxylic acids is 1. The number of hydrogen-bond acceptors (Lipinski definition) is 2. The van der Waals surface area contributed by atoms with E-state index in [4.69, 9.17) is 0 Å². The van der Waals surface area contributed by atoms with Gasteiger partial charge in [0.15, 0.2) is 5.78 Å². The summed E-state index contributed by atoms with van der Waals surface area (Å²) in [5.74, 6) is 3.64. The first-order valence-electron chi connectivity index (χ1n) is 12.2. The minimum atomic E-state index is -0.225. The fourth-order valence-corrected chi connectivity index (χ4v) is 8.82. The quantitative estimate of drug-likeness (QED) is 0.588. The average molecular weight is 387 g/mol. The molecule has 1 N–H and O–H groups in total. The van der Waals surface area contributed by atoms with Gasteiger partial charge in [-0.1, -0.05) is 46.6 Å². The Hall–Kier alpha value is -0.630. The van der Waals surface area contributed by atoms with E-state index in [1.54, 1.807) is 0 Å². The third kappa shape index (κ3) is 2.80. The molecule has 2 heteroatoms. The van der Waals surface area contributed by atoms with Gasteiger partial charge in [0.25, 0.3) is 0 Å². The zero-order chi connectivity index (χ0) is 20.3. The molecule has 0 amide bonds. The Morgan fingerprint density at radius 1 is 1.11 bits per heavy atom. The first-order chi connectivity index (χ1) is 13.3. The van der Waals surface area contributed by atoms with Crippen molar-refractivity contribution in [2.45, 2.75) is 98.5 Å². The van der Waals surface area contributed by atoms with Crippen molar-refractivity contribution in [2.75, 3.05) is 0 Å². The Morgan fingerprint density at radius 3 is 2.46 bits per heavy atom. The van der Waals surface area contributed by atoms with Gasteiger partial charge in [-0.3, -0.25) is 4.79 Å². The molecule has 0 aromatic heterocycles. The van der Waals surface area contributed by atoms with Crippen molar-refractivity contribution in [3.63, 3.8) is 0 Å².